The molecule has 0 aromatic carbocycles. The summed E-state index contributed by atoms with van der Waals surface area (Å²) in [6.07, 6.45) is 1.94. The van der Waals surface area contributed by atoms with Crippen molar-refractivity contribution < 1.29 is 27.9 Å². The third kappa shape index (κ3) is 4.62. The van der Waals surface area contributed by atoms with E-state index in [2.05, 4.69) is 15.8 Å². The maximum absolute atomic E-state index is 12.6. The van der Waals surface area contributed by atoms with Crippen LogP contribution in [-0.4, -0.2) is 77.1 Å². The molecule has 1 aromatic heterocycles. The maximum atomic E-state index is 12.6. The maximum Gasteiger partial charge on any atom is 0.353 e. The van der Waals surface area contributed by atoms with Crippen LogP contribution < -0.4 is 10.7 Å². The van der Waals surface area contributed by atoms with Crippen molar-refractivity contribution in [2.24, 2.45) is 5.10 Å². The Bertz CT molecular complexity index is 1070. The van der Waals surface area contributed by atoms with Crippen LogP contribution in [0.4, 0.5) is 0 Å². The van der Waals surface area contributed by atoms with Crippen LogP contribution in [0.3, 0.4) is 0 Å². The standard InChI is InChI=1S/C18H20N4O6S3/c23-13(6-12-2-1-4-29-12)20-14-16(24)22-15(18(25)26)10(8-30-17(14)22)7-19-21-11-3-5-31(27,28)9-11/h1-2,4,7,11,14,17,21H,3,5-6,8-9H2,(H,20,23)(H,25,26)/t11?,14?,17-/m0/s1. The van der Waals surface area contributed by atoms with Crippen molar-refractivity contribution in [1.29, 1.82) is 0 Å². The highest BCUT2D eigenvalue weighted by molar-refractivity contribution is 8.00. The van der Waals surface area contributed by atoms with Gasteiger partial charge >= 0.3 is 5.97 Å². The molecule has 3 aliphatic rings. The molecule has 4 heterocycles. The van der Waals surface area contributed by atoms with Gasteiger partial charge < -0.3 is 15.8 Å². The van der Waals surface area contributed by atoms with Gasteiger partial charge in [0.15, 0.2) is 9.84 Å². The largest absolute Gasteiger partial charge is 0.477 e. The lowest BCUT2D eigenvalue weighted by atomic mass is 10.0. The Kier molecular flexibility index (Phi) is 6.08. The van der Waals surface area contributed by atoms with Crippen LogP contribution in [0.1, 0.15) is 11.3 Å². The molecule has 166 valence electrons. The number of aliphatic carboxylic acids is 1. The lowest BCUT2D eigenvalue weighted by Gasteiger charge is -2.49. The van der Waals surface area contributed by atoms with Gasteiger partial charge in [0, 0.05) is 16.2 Å². The van der Waals surface area contributed by atoms with Gasteiger partial charge in [-0.05, 0) is 17.9 Å². The number of β-lactam (4-membered cyclic amide) rings is 1. The predicted molar refractivity (Wildman–Crippen MR) is 116 cm³/mol. The fraction of sp³-hybridized carbons (Fsp3) is 0.444. The number of carboxylic acids is 1. The number of thiophene rings is 1. The molecule has 2 unspecified atom stereocenters. The number of thioether (sulfide) groups is 1. The van der Waals surface area contributed by atoms with Crippen molar-refractivity contribution in [2.75, 3.05) is 17.3 Å². The number of carbonyl (C=O) groups is 3. The average Bonchev–Trinajstić information content (AvgIpc) is 3.34. The van der Waals surface area contributed by atoms with Gasteiger partial charge in [-0.1, -0.05) is 6.07 Å². The van der Waals surface area contributed by atoms with Crippen molar-refractivity contribution in [3.63, 3.8) is 0 Å². The Morgan fingerprint density at radius 1 is 1.39 bits per heavy atom. The van der Waals surface area contributed by atoms with Gasteiger partial charge in [-0.25, -0.2) is 13.2 Å². The molecule has 3 aliphatic heterocycles. The van der Waals surface area contributed by atoms with E-state index in [0.29, 0.717) is 17.7 Å². The summed E-state index contributed by atoms with van der Waals surface area (Å²) >= 11 is 2.79. The van der Waals surface area contributed by atoms with Gasteiger partial charge in [0.05, 0.1) is 30.2 Å². The smallest absolute Gasteiger partial charge is 0.353 e. The molecule has 0 aliphatic carbocycles. The molecular formula is C18H20N4O6S3. The molecule has 1 aromatic rings. The molecule has 2 saturated heterocycles. The van der Waals surface area contributed by atoms with E-state index in [4.69, 9.17) is 0 Å². The number of fused-ring (bicyclic) bond motifs is 1. The minimum atomic E-state index is -3.06. The number of nitrogens with zero attached hydrogens (tertiary/aromatic N) is 2. The first-order chi connectivity index (χ1) is 14.7. The number of hydrogen-bond donors (Lipinski definition) is 3. The third-order valence-corrected chi connectivity index (χ3v) is 9.09. The molecule has 3 atom stereocenters. The number of rotatable bonds is 7. The van der Waals surface area contributed by atoms with Crippen molar-refractivity contribution in [1.82, 2.24) is 15.6 Å². The predicted octanol–water partition coefficient (Wildman–Crippen LogP) is -0.208. The first-order valence-electron chi connectivity index (χ1n) is 9.47. The number of nitrogens with one attached hydrogen (secondary N) is 2. The number of sulfone groups is 1. The van der Waals surface area contributed by atoms with E-state index in [1.807, 2.05) is 17.5 Å². The third-order valence-electron chi connectivity index (χ3n) is 5.14. The monoisotopic (exact) mass is 484 g/mol. The molecule has 0 saturated carbocycles. The second-order valence-corrected chi connectivity index (χ2v) is 11.7. The summed E-state index contributed by atoms with van der Waals surface area (Å²) in [6.45, 7) is 0. The van der Waals surface area contributed by atoms with Gasteiger partial charge in [-0.2, -0.15) is 5.10 Å². The lowest BCUT2D eigenvalue weighted by Crippen LogP contribution is -2.70. The van der Waals surface area contributed by atoms with Gasteiger partial charge in [-0.15, -0.1) is 23.1 Å². The van der Waals surface area contributed by atoms with Crippen LogP contribution in [0.15, 0.2) is 33.9 Å². The van der Waals surface area contributed by atoms with Crippen LogP contribution in [0, 0.1) is 0 Å². The molecule has 10 nitrogen and oxygen atoms in total. The number of carbonyl (C=O) groups excluding carboxylic acids is 2. The van der Waals surface area contributed by atoms with E-state index in [1.165, 1.54) is 34.2 Å². The van der Waals surface area contributed by atoms with E-state index >= 15 is 0 Å². The Hall–Kier alpha value is -2.38. The van der Waals surface area contributed by atoms with Crippen molar-refractivity contribution in [2.45, 2.75) is 30.3 Å². The summed E-state index contributed by atoms with van der Waals surface area (Å²) in [5.41, 5.74) is 2.93. The van der Waals surface area contributed by atoms with E-state index in [-0.39, 0.29) is 35.6 Å². The molecule has 4 rings (SSSR count). The summed E-state index contributed by atoms with van der Waals surface area (Å²) in [7, 11) is -3.06. The molecule has 0 spiro atoms. The van der Waals surface area contributed by atoms with Gasteiger partial charge in [0.1, 0.15) is 17.1 Å². The minimum absolute atomic E-state index is 0.0105. The summed E-state index contributed by atoms with van der Waals surface area (Å²) in [5, 5.41) is 17.7. The second-order valence-electron chi connectivity index (χ2n) is 7.38. The quantitative estimate of drug-likeness (QED) is 0.274. The molecule has 2 amide bonds. The fourth-order valence-electron chi connectivity index (χ4n) is 3.66. The molecule has 2 fully saturated rings. The van der Waals surface area contributed by atoms with Crippen LogP contribution >= 0.6 is 23.1 Å². The highest BCUT2D eigenvalue weighted by atomic mass is 32.2. The Labute approximate surface area is 186 Å². The van der Waals surface area contributed by atoms with E-state index in [9.17, 15) is 27.9 Å². The van der Waals surface area contributed by atoms with Crippen molar-refractivity contribution >= 4 is 56.9 Å². The van der Waals surface area contributed by atoms with Gasteiger partial charge in [0.2, 0.25) is 5.91 Å². The summed E-state index contributed by atoms with van der Waals surface area (Å²) < 4.78 is 23.0. The van der Waals surface area contributed by atoms with E-state index in [0.717, 1.165) is 4.88 Å². The Morgan fingerprint density at radius 3 is 2.84 bits per heavy atom. The van der Waals surface area contributed by atoms with Gasteiger partial charge in [0.25, 0.3) is 5.91 Å². The summed E-state index contributed by atoms with van der Waals surface area (Å²) in [4.78, 5) is 38.8. The first-order valence-corrected chi connectivity index (χ1v) is 13.2. The molecule has 3 N–H and O–H groups in total. The van der Waals surface area contributed by atoms with Crippen molar-refractivity contribution in [3.8, 4) is 0 Å². The normalized spacial score (nSPS) is 27.2. The zero-order valence-corrected chi connectivity index (χ0v) is 18.6. The molecule has 0 bridgehead atoms. The number of hydrazone groups is 1. The van der Waals surface area contributed by atoms with Crippen LogP contribution in [0.25, 0.3) is 0 Å². The highest BCUT2D eigenvalue weighted by Gasteiger charge is 2.54. The van der Waals surface area contributed by atoms with Crippen LogP contribution in [0.2, 0.25) is 0 Å². The second kappa shape index (κ2) is 8.63. The van der Waals surface area contributed by atoms with E-state index < -0.39 is 33.1 Å². The molecule has 0 radical (unpaired) electrons. The number of hydrogen-bond acceptors (Lipinski definition) is 9. The Balaban J connectivity index is 1.41. The SMILES string of the molecule is O=C(Cc1cccs1)NC1C(=O)N2C(C(=O)O)=C(C=NNC3CCS(=O)(=O)C3)CS[C@@H]12. The first kappa shape index (κ1) is 21.8. The fourth-order valence-corrected chi connectivity index (χ4v) is 7.32. The van der Waals surface area contributed by atoms with Crippen molar-refractivity contribution in [3.05, 3.63) is 33.7 Å². The van der Waals surface area contributed by atoms with E-state index in [1.54, 1.807) is 0 Å². The molecule has 13 heteroatoms. The van der Waals surface area contributed by atoms with Gasteiger partial charge in [-0.3, -0.25) is 14.5 Å². The molecule has 31 heavy (non-hydrogen) atoms. The zero-order chi connectivity index (χ0) is 22.2. The zero-order valence-electron chi connectivity index (χ0n) is 16.2. The minimum Gasteiger partial charge on any atom is -0.477 e. The average molecular weight is 485 g/mol. The highest BCUT2D eigenvalue weighted by Crippen LogP contribution is 2.39. The lowest BCUT2D eigenvalue weighted by molar-refractivity contribution is -0.150. The summed E-state index contributed by atoms with van der Waals surface area (Å²) in [5.74, 6) is -1.64. The Morgan fingerprint density at radius 2 is 2.19 bits per heavy atom. The molecular weight excluding hydrogens is 464 g/mol. The van der Waals surface area contributed by atoms with Crippen LogP contribution in [0.5, 0.6) is 0 Å². The topological polar surface area (TPSA) is 145 Å². The van der Waals surface area contributed by atoms with Crippen LogP contribution in [-0.2, 0) is 30.6 Å². The summed E-state index contributed by atoms with van der Waals surface area (Å²) in [6, 6.07) is 2.59. The number of carboxylic acid groups (broad SMARTS) is 1. The number of amides is 2.